The molecule has 0 saturated carbocycles. The molecule has 0 aliphatic rings. The van der Waals surface area contributed by atoms with E-state index in [-0.39, 0.29) is 0 Å². The van der Waals surface area contributed by atoms with Crippen LogP contribution in [0, 0.1) is 5.92 Å². The molecular weight excluding hydrogens is 475 g/mol. The van der Waals surface area contributed by atoms with Crippen LogP contribution in [-0.2, 0) is 0 Å². The van der Waals surface area contributed by atoms with Crippen LogP contribution in [0.2, 0.25) is 0 Å². The summed E-state index contributed by atoms with van der Waals surface area (Å²) in [4.78, 5) is 0. The molecule has 0 N–H and O–H groups in total. The molecule has 1 heteroatoms. The van der Waals surface area contributed by atoms with E-state index in [4.69, 9.17) is 0 Å². The highest BCUT2D eigenvalue weighted by Crippen LogP contribution is 2.27. The molecule has 0 spiro atoms. The van der Waals surface area contributed by atoms with Crippen LogP contribution >= 0.6 is 22.6 Å². The first-order valence-corrected chi connectivity index (χ1v) is 15.6. The Morgan fingerprint density at radius 2 is 0.733 bits per heavy atom. The Kier molecular flexibility index (Phi) is 26.6. The van der Waals surface area contributed by atoms with E-state index in [0.29, 0.717) is 0 Å². The second-order valence-electron chi connectivity index (χ2n) is 10.1. The van der Waals surface area contributed by atoms with Crippen molar-refractivity contribution < 1.29 is 0 Å². The Labute approximate surface area is 206 Å². The van der Waals surface area contributed by atoms with Crippen LogP contribution in [0.25, 0.3) is 0 Å². The zero-order valence-electron chi connectivity index (χ0n) is 21.5. The van der Waals surface area contributed by atoms with Crippen LogP contribution in [0.4, 0.5) is 0 Å². The Bertz CT molecular complexity index is 301. The van der Waals surface area contributed by atoms with E-state index in [1.165, 1.54) is 154 Å². The molecule has 0 aromatic heterocycles. The average molecular weight is 535 g/mol. The number of alkyl halides is 1. The minimum Gasteiger partial charge on any atom is -0.0826 e. The van der Waals surface area contributed by atoms with Gasteiger partial charge in [-0.25, -0.2) is 0 Å². The van der Waals surface area contributed by atoms with E-state index in [9.17, 15) is 0 Å². The maximum atomic E-state index is 2.71. The van der Waals surface area contributed by atoms with Gasteiger partial charge in [-0.05, 0) is 25.2 Å². The standard InChI is InChI=1S/C29H59I/c1-4-7-9-11-13-15-16-18-20-22-25-28(26-27-29(30)23-6-3)24-21-19-17-14-12-10-8-5-2/h28-29H,4-27H2,1-3H3. The summed E-state index contributed by atoms with van der Waals surface area (Å²) >= 11 is 2.71. The van der Waals surface area contributed by atoms with Crippen LogP contribution in [0.15, 0.2) is 0 Å². The minimum absolute atomic E-state index is 0.918. The highest BCUT2D eigenvalue weighted by molar-refractivity contribution is 14.1. The van der Waals surface area contributed by atoms with E-state index in [0.717, 1.165) is 9.84 Å². The summed E-state index contributed by atoms with van der Waals surface area (Å²) in [7, 11) is 0. The molecule has 0 nitrogen and oxygen atoms in total. The Morgan fingerprint density at radius 3 is 1.10 bits per heavy atom. The number of halogens is 1. The van der Waals surface area contributed by atoms with Crippen molar-refractivity contribution >= 4 is 22.6 Å². The van der Waals surface area contributed by atoms with Crippen molar-refractivity contribution in [3.63, 3.8) is 0 Å². The third-order valence-electron chi connectivity index (χ3n) is 6.92. The van der Waals surface area contributed by atoms with Crippen molar-refractivity contribution in [2.45, 2.75) is 179 Å². The van der Waals surface area contributed by atoms with Crippen molar-refractivity contribution in [1.82, 2.24) is 0 Å². The summed E-state index contributed by atoms with van der Waals surface area (Å²) in [6, 6.07) is 0. The molecule has 2 atom stereocenters. The number of unbranched alkanes of at least 4 members (excludes halogenated alkanes) is 16. The smallest absolute Gasteiger partial charge is 0.0110 e. The molecule has 30 heavy (non-hydrogen) atoms. The van der Waals surface area contributed by atoms with Gasteiger partial charge in [-0.2, -0.15) is 0 Å². The van der Waals surface area contributed by atoms with Crippen molar-refractivity contribution in [2.24, 2.45) is 5.92 Å². The lowest BCUT2D eigenvalue weighted by Gasteiger charge is -2.19. The van der Waals surface area contributed by atoms with Gasteiger partial charge in [-0.1, -0.05) is 178 Å². The van der Waals surface area contributed by atoms with Gasteiger partial charge in [0.1, 0.15) is 0 Å². The third-order valence-corrected chi connectivity index (χ3v) is 8.17. The first-order valence-electron chi connectivity index (χ1n) is 14.4. The SMILES string of the molecule is CCCCCCCCCCCCC(CCCCCCCCCC)CCC(I)CCC. The molecule has 0 amide bonds. The van der Waals surface area contributed by atoms with Crippen LogP contribution in [0.5, 0.6) is 0 Å². The average Bonchev–Trinajstić information content (AvgIpc) is 2.74. The summed E-state index contributed by atoms with van der Waals surface area (Å²) in [5.74, 6) is 1.02. The summed E-state index contributed by atoms with van der Waals surface area (Å²) in [5, 5.41) is 0. The maximum absolute atomic E-state index is 2.71. The summed E-state index contributed by atoms with van der Waals surface area (Å²) in [6.45, 7) is 6.97. The van der Waals surface area contributed by atoms with E-state index < -0.39 is 0 Å². The molecule has 0 aliphatic heterocycles. The van der Waals surface area contributed by atoms with Crippen LogP contribution < -0.4 is 0 Å². The summed E-state index contributed by atoms with van der Waals surface area (Å²) in [6.07, 6.45) is 35.2. The van der Waals surface area contributed by atoms with Gasteiger partial charge in [-0.3, -0.25) is 0 Å². The van der Waals surface area contributed by atoms with Crippen molar-refractivity contribution in [3.05, 3.63) is 0 Å². The van der Waals surface area contributed by atoms with Crippen LogP contribution in [0.3, 0.4) is 0 Å². The fourth-order valence-electron chi connectivity index (χ4n) is 4.79. The fourth-order valence-corrected chi connectivity index (χ4v) is 5.78. The zero-order chi connectivity index (χ0) is 22.1. The number of hydrogen-bond donors (Lipinski definition) is 0. The normalized spacial score (nSPS) is 13.6. The molecule has 0 radical (unpaired) electrons. The largest absolute Gasteiger partial charge is 0.0826 e. The molecule has 2 unspecified atom stereocenters. The topological polar surface area (TPSA) is 0 Å². The van der Waals surface area contributed by atoms with E-state index in [2.05, 4.69) is 43.4 Å². The van der Waals surface area contributed by atoms with Crippen molar-refractivity contribution in [3.8, 4) is 0 Å². The lowest BCUT2D eigenvalue weighted by atomic mass is 9.89. The molecule has 0 aliphatic carbocycles. The first-order chi connectivity index (χ1) is 14.7. The maximum Gasteiger partial charge on any atom is 0.0110 e. The third kappa shape index (κ3) is 23.4. The fraction of sp³-hybridized carbons (Fsp3) is 1.00. The van der Waals surface area contributed by atoms with Crippen molar-refractivity contribution in [2.75, 3.05) is 0 Å². The predicted octanol–water partition coefficient (Wildman–Crippen LogP) is 11.8. The summed E-state index contributed by atoms with van der Waals surface area (Å²) in [5.41, 5.74) is 0. The number of hydrogen-bond acceptors (Lipinski definition) is 0. The highest BCUT2D eigenvalue weighted by atomic mass is 127. The van der Waals surface area contributed by atoms with Crippen molar-refractivity contribution in [1.29, 1.82) is 0 Å². The number of rotatable bonds is 25. The van der Waals surface area contributed by atoms with E-state index >= 15 is 0 Å². The van der Waals surface area contributed by atoms with Gasteiger partial charge in [0.15, 0.2) is 0 Å². The minimum atomic E-state index is 0.918. The van der Waals surface area contributed by atoms with E-state index in [1.54, 1.807) is 0 Å². The predicted molar refractivity (Wildman–Crippen MR) is 149 cm³/mol. The Morgan fingerprint density at radius 1 is 0.367 bits per heavy atom. The van der Waals surface area contributed by atoms with E-state index in [1.807, 2.05) is 0 Å². The second-order valence-corrected chi connectivity index (χ2v) is 11.8. The van der Waals surface area contributed by atoms with Gasteiger partial charge >= 0.3 is 0 Å². The molecule has 0 bridgehead atoms. The first kappa shape index (κ1) is 30.7. The van der Waals surface area contributed by atoms with Crippen LogP contribution in [-0.4, -0.2) is 3.92 Å². The van der Waals surface area contributed by atoms with Gasteiger partial charge in [-0.15, -0.1) is 0 Å². The van der Waals surface area contributed by atoms with Gasteiger partial charge in [0.25, 0.3) is 0 Å². The molecule has 0 aromatic rings. The van der Waals surface area contributed by atoms with Gasteiger partial charge in [0.05, 0.1) is 0 Å². The summed E-state index contributed by atoms with van der Waals surface area (Å²) < 4.78 is 0.918. The molecule has 0 heterocycles. The Balaban J connectivity index is 3.82. The zero-order valence-corrected chi connectivity index (χ0v) is 23.7. The van der Waals surface area contributed by atoms with Gasteiger partial charge in [0.2, 0.25) is 0 Å². The molecule has 182 valence electrons. The van der Waals surface area contributed by atoms with Crippen LogP contribution in [0.1, 0.15) is 175 Å². The monoisotopic (exact) mass is 534 g/mol. The quantitative estimate of drug-likeness (QED) is 0.0621. The molecule has 0 saturated heterocycles. The highest BCUT2D eigenvalue weighted by Gasteiger charge is 2.11. The lowest BCUT2D eigenvalue weighted by Crippen LogP contribution is -2.06. The molecular formula is C29H59I. The van der Waals surface area contributed by atoms with Gasteiger partial charge < -0.3 is 0 Å². The van der Waals surface area contributed by atoms with Gasteiger partial charge in [0, 0.05) is 3.92 Å². The molecule has 0 rings (SSSR count). The Hall–Kier alpha value is 0.730. The lowest BCUT2D eigenvalue weighted by molar-refractivity contribution is 0.370. The second kappa shape index (κ2) is 26.0. The molecule has 0 aromatic carbocycles. The molecule has 0 fully saturated rings.